The van der Waals surface area contributed by atoms with Crippen LogP contribution in [0.2, 0.25) is 0 Å². The van der Waals surface area contributed by atoms with Gasteiger partial charge in [0.25, 0.3) is 5.69 Å². The lowest BCUT2D eigenvalue weighted by molar-refractivity contribution is -0.385. The van der Waals surface area contributed by atoms with E-state index >= 15 is 0 Å². The predicted molar refractivity (Wildman–Crippen MR) is 71.2 cm³/mol. The summed E-state index contributed by atoms with van der Waals surface area (Å²) in [5, 5.41) is 24.8. The molecular weight excluding hydrogens is 250 g/mol. The maximum atomic E-state index is 11.6. The highest BCUT2D eigenvalue weighted by atomic mass is 16.6. The van der Waals surface area contributed by atoms with Crippen LogP contribution in [0, 0.1) is 17.0 Å². The van der Waals surface area contributed by atoms with Crippen molar-refractivity contribution in [2.45, 2.75) is 26.3 Å². The Hall–Kier alpha value is -2.15. The molecule has 0 saturated carbocycles. The molecule has 0 heterocycles. The lowest BCUT2D eigenvalue weighted by atomic mass is 10.1. The van der Waals surface area contributed by atoms with E-state index in [0.717, 1.165) is 0 Å². The van der Waals surface area contributed by atoms with Gasteiger partial charge in [0.1, 0.15) is 0 Å². The molecular formula is C12H17N3O4. The molecule has 7 nitrogen and oxygen atoms in total. The van der Waals surface area contributed by atoms with Crippen molar-refractivity contribution in [1.29, 1.82) is 0 Å². The fraction of sp³-hybridized carbons (Fsp3) is 0.417. The third-order valence-electron chi connectivity index (χ3n) is 2.51. The van der Waals surface area contributed by atoms with Gasteiger partial charge < -0.3 is 15.7 Å². The molecule has 104 valence electrons. The zero-order valence-electron chi connectivity index (χ0n) is 11.1. The highest BCUT2D eigenvalue weighted by Crippen LogP contribution is 2.22. The third-order valence-corrected chi connectivity index (χ3v) is 2.51. The van der Waals surface area contributed by atoms with Crippen molar-refractivity contribution in [3.63, 3.8) is 0 Å². The number of anilines is 1. The van der Waals surface area contributed by atoms with Crippen molar-refractivity contribution in [2.24, 2.45) is 0 Å². The standard InChI is InChI=1S/C12H17N3O4/c1-8-4-5-9(6-10(8)15(18)19)13-11(17)14-12(2,3)7-16/h4-6,16H,7H2,1-3H3,(H2,13,14,17). The van der Waals surface area contributed by atoms with Crippen molar-refractivity contribution < 1.29 is 14.8 Å². The second-order valence-corrected chi connectivity index (χ2v) is 4.88. The molecule has 2 amide bonds. The van der Waals surface area contributed by atoms with Crippen LogP contribution >= 0.6 is 0 Å². The molecule has 1 aromatic rings. The molecule has 0 aliphatic rings. The number of nitrogens with one attached hydrogen (secondary N) is 2. The van der Waals surface area contributed by atoms with Gasteiger partial charge in [-0.2, -0.15) is 0 Å². The van der Waals surface area contributed by atoms with Crippen molar-refractivity contribution in [3.8, 4) is 0 Å². The average molecular weight is 267 g/mol. The molecule has 0 unspecified atom stereocenters. The van der Waals surface area contributed by atoms with E-state index in [9.17, 15) is 14.9 Å². The van der Waals surface area contributed by atoms with Crippen LogP contribution < -0.4 is 10.6 Å². The van der Waals surface area contributed by atoms with E-state index in [1.165, 1.54) is 6.07 Å². The first-order valence-electron chi connectivity index (χ1n) is 5.70. The Morgan fingerprint density at radius 2 is 2.11 bits per heavy atom. The maximum Gasteiger partial charge on any atom is 0.319 e. The Morgan fingerprint density at radius 1 is 1.47 bits per heavy atom. The van der Waals surface area contributed by atoms with Crippen LogP contribution in [0.1, 0.15) is 19.4 Å². The van der Waals surface area contributed by atoms with Gasteiger partial charge in [0.15, 0.2) is 0 Å². The topological polar surface area (TPSA) is 104 Å². The highest BCUT2D eigenvalue weighted by molar-refractivity contribution is 5.90. The Bertz CT molecular complexity index is 500. The summed E-state index contributed by atoms with van der Waals surface area (Å²) in [4.78, 5) is 21.9. The summed E-state index contributed by atoms with van der Waals surface area (Å²) in [6, 6.07) is 3.90. The van der Waals surface area contributed by atoms with Crippen molar-refractivity contribution >= 4 is 17.4 Å². The molecule has 0 bridgehead atoms. The molecule has 1 aromatic carbocycles. The lowest BCUT2D eigenvalue weighted by Gasteiger charge is -2.23. The van der Waals surface area contributed by atoms with Gasteiger partial charge in [-0.15, -0.1) is 0 Å². The molecule has 0 atom stereocenters. The fourth-order valence-electron chi connectivity index (χ4n) is 1.39. The van der Waals surface area contributed by atoms with Gasteiger partial charge in [-0.25, -0.2) is 4.79 Å². The largest absolute Gasteiger partial charge is 0.394 e. The lowest BCUT2D eigenvalue weighted by Crippen LogP contribution is -2.48. The minimum atomic E-state index is -0.763. The van der Waals surface area contributed by atoms with Gasteiger partial charge in [0.2, 0.25) is 0 Å². The molecule has 0 radical (unpaired) electrons. The van der Waals surface area contributed by atoms with Gasteiger partial charge >= 0.3 is 6.03 Å². The quantitative estimate of drug-likeness (QED) is 0.571. The van der Waals surface area contributed by atoms with Gasteiger partial charge in [-0.1, -0.05) is 6.07 Å². The minimum absolute atomic E-state index is 0.0563. The maximum absolute atomic E-state index is 11.6. The average Bonchev–Trinajstić information content (AvgIpc) is 2.30. The van der Waals surface area contributed by atoms with Crippen molar-refractivity contribution in [3.05, 3.63) is 33.9 Å². The minimum Gasteiger partial charge on any atom is -0.394 e. The van der Waals surface area contributed by atoms with E-state index in [4.69, 9.17) is 5.11 Å². The number of carbonyl (C=O) groups is 1. The van der Waals surface area contributed by atoms with E-state index in [1.807, 2.05) is 0 Å². The summed E-state index contributed by atoms with van der Waals surface area (Å²) in [7, 11) is 0. The smallest absolute Gasteiger partial charge is 0.319 e. The molecule has 7 heteroatoms. The number of hydrogen-bond donors (Lipinski definition) is 3. The number of carbonyl (C=O) groups excluding carboxylic acids is 1. The van der Waals surface area contributed by atoms with E-state index in [-0.39, 0.29) is 12.3 Å². The van der Waals surface area contributed by atoms with Gasteiger partial charge in [0.05, 0.1) is 17.1 Å². The number of hydrogen-bond acceptors (Lipinski definition) is 4. The third kappa shape index (κ3) is 4.22. The molecule has 0 spiro atoms. The van der Waals surface area contributed by atoms with E-state index < -0.39 is 16.5 Å². The van der Waals surface area contributed by atoms with E-state index in [1.54, 1.807) is 32.9 Å². The van der Waals surface area contributed by atoms with Gasteiger partial charge in [-0.05, 0) is 26.8 Å². The summed E-state index contributed by atoms with van der Waals surface area (Å²) in [5.74, 6) is 0. The number of aliphatic hydroxyl groups is 1. The molecule has 0 saturated heterocycles. The van der Waals surface area contributed by atoms with Crippen LogP contribution in [0.15, 0.2) is 18.2 Å². The Morgan fingerprint density at radius 3 is 2.63 bits per heavy atom. The summed E-state index contributed by atoms with van der Waals surface area (Å²) < 4.78 is 0. The van der Waals surface area contributed by atoms with Gasteiger partial charge in [0, 0.05) is 17.3 Å². The second-order valence-electron chi connectivity index (χ2n) is 4.88. The molecule has 19 heavy (non-hydrogen) atoms. The van der Waals surface area contributed by atoms with Crippen LogP contribution in [-0.2, 0) is 0 Å². The summed E-state index contributed by atoms with van der Waals surface area (Å²) in [5.41, 5.74) is 0.0233. The number of amides is 2. The van der Waals surface area contributed by atoms with Crippen molar-refractivity contribution in [1.82, 2.24) is 5.32 Å². The van der Waals surface area contributed by atoms with E-state index in [0.29, 0.717) is 11.3 Å². The SMILES string of the molecule is Cc1ccc(NC(=O)NC(C)(C)CO)cc1[N+](=O)[O-]. The molecule has 0 aromatic heterocycles. The Balaban J connectivity index is 2.81. The van der Waals surface area contributed by atoms with Crippen molar-refractivity contribution in [2.75, 3.05) is 11.9 Å². The number of urea groups is 1. The van der Waals surface area contributed by atoms with Gasteiger partial charge in [-0.3, -0.25) is 10.1 Å². The second kappa shape index (κ2) is 5.66. The van der Waals surface area contributed by atoms with Crippen LogP contribution in [0.5, 0.6) is 0 Å². The van der Waals surface area contributed by atoms with Crippen LogP contribution in [0.3, 0.4) is 0 Å². The first-order chi connectivity index (χ1) is 8.75. The Labute approximate surface area is 110 Å². The number of nitro groups is 1. The monoisotopic (exact) mass is 267 g/mol. The number of nitrogens with zero attached hydrogens (tertiary/aromatic N) is 1. The molecule has 0 aliphatic carbocycles. The molecule has 3 N–H and O–H groups in total. The fourth-order valence-corrected chi connectivity index (χ4v) is 1.39. The first kappa shape index (κ1) is 14.9. The van der Waals surface area contributed by atoms with Crippen LogP contribution in [-0.4, -0.2) is 28.2 Å². The van der Waals surface area contributed by atoms with Crippen LogP contribution in [0.4, 0.5) is 16.2 Å². The first-order valence-corrected chi connectivity index (χ1v) is 5.70. The zero-order valence-corrected chi connectivity index (χ0v) is 11.1. The number of nitro benzene ring substituents is 1. The number of aliphatic hydroxyl groups excluding tert-OH is 1. The zero-order chi connectivity index (χ0) is 14.6. The molecule has 1 rings (SSSR count). The molecule has 0 fully saturated rings. The molecule has 0 aliphatic heterocycles. The predicted octanol–water partition coefficient (Wildman–Crippen LogP) is 1.80. The summed E-state index contributed by atoms with van der Waals surface area (Å²) >= 11 is 0. The number of rotatable bonds is 4. The normalized spacial score (nSPS) is 10.9. The summed E-state index contributed by atoms with van der Waals surface area (Å²) in [6.07, 6.45) is 0. The Kier molecular flexibility index (Phi) is 4.44. The summed E-state index contributed by atoms with van der Waals surface area (Å²) in [6.45, 7) is 4.72. The van der Waals surface area contributed by atoms with Crippen LogP contribution in [0.25, 0.3) is 0 Å². The number of benzene rings is 1. The highest BCUT2D eigenvalue weighted by Gasteiger charge is 2.19. The van der Waals surface area contributed by atoms with E-state index in [2.05, 4.69) is 10.6 Å². The number of aryl methyl sites for hydroxylation is 1.